The minimum atomic E-state index is 0.280. The second-order valence-corrected chi connectivity index (χ2v) is 8.30. The summed E-state index contributed by atoms with van der Waals surface area (Å²) in [6.45, 7) is 0. The molecule has 0 fully saturated rings. The van der Waals surface area contributed by atoms with Crippen molar-refractivity contribution in [3.8, 4) is 22.4 Å². The van der Waals surface area contributed by atoms with Crippen LogP contribution in [0.15, 0.2) is 95.5 Å². The molecule has 1 nitrogen and oxygen atoms in total. The van der Waals surface area contributed by atoms with Crippen LogP contribution < -0.4 is 10.4 Å². The quantitative estimate of drug-likeness (QED) is 0.387. The van der Waals surface area contributed by atoms with Gasteiger partial charge in [-0.25, -0.2) is 0 Å². The zero-order valence-electron chi connectivity index (χ0n) is 15.9. The molecule has 0 aliphatic heterocycles. The number of nitrogens with zero attached hydrogens (tertiary/aromatic N) is 1. The third-order valence-corrected chi connectivity index (χ3v) is 5.97. The van der Waals surface area contributed by atoms with Crippen LogP contribution in [0.1, 0.15) is 18.0 Å². The van der Waals surface area contributed by atoms with Crippen molar-refractivity contribution < 1.29 is 0 Å². The molecule has 2 heteroatoms. The first-order valence-electron chi connectivity index (χ1n) is 9.87. The zero-order valence-corrected chi connectivity index (χ0v) is 17.5. The molecule has 0 amide bonds. The normalized spacial score (nSPS) is 15.1. The molecule has 1 aromatic heterocycles. The van der Waals surface area contributed by atoms with Gasteiger partial charge < -0.3 is 0 Å². The second-order valence-electron chi connectivity index (χ2n) is 7.38. The third kappa shape index (κ3) is 3.81. The van der Waals surface area contributed by atoms with Gasteiger partial charge in [-0.15, -0.1) is 0 Å². The van der Waals surface area contributed by atoms with Crippen LogP contribution in [0.5, 0.6) is 0 Å². The largest absolute Gasteiger partial charge is 0.252 e. The van der Waals surface area contributed by atoms with Gasteiger partial charge in [0.15, 0.2) is 0 Å². The van der Waals surface area contributed by atoms with E-state index in [0.29, 0.717) is 0 Å². The molecule has 1 atom stereocenters. The van der Waals surface area contributed by atoms with Crippen molar-refractivity contribution in [2.24, 2.45) is 0 Å². The lowest BCUT2D eigenvalue weighted by Crippen LogP contribution is -2.28. The summed E-state index contributed by atoms with van der Waals surface area (Å²) in [5.41, 5.74) is 5.69. The Morgan fingerprint density at radius 3 is 2.21 bits per heavy atom. The molecule has 0 saturated heterocycles. The summed E-state index contributed by atoms with van der Waals surface area (Å²) in [5.74, 6) is 0.280. The van der Waals surface area contributed by atoms with Gasteiger partial charge in [-0.3, -0.25) is 4.98 Å². The van der Waals surface area contributed by atoms with E-state index < -0.39 is 0 Å². The summed E-state index contributed by atoms with van der Waals surface area (Å²) in [4.78, 5) is 5.08. The molecule has 0 saturated carbocycles. The molecule has 0 radical (unpaired) electrons. The smallest absolute Gasteiger partial charge is 0.0711 e. The van der Waals surface area contributed by atoms with Gasteiger partial charge in [0.05, 0.1) is 5.69 Å². The molecule has 29 heavy (non-hydrogen) atoms. The highest BCUT2D eigenvalue weighted by Crippen LogP contribution is 2.31. The van der Waals surface area contributed by atoms with Gasteiger partial charge >= 0.3 is 0 Å². The molecular formula is C27H20BrN. The van der Waals surface area contributed by atoms with E-state index in [4.69, 9.17) is 4.98 Å². The van der Waals surface area contributed by atoms with Crippen LogP contribution in [0.2, 0.25) is 0 Å². The Morgan fingerprint density at radius 1 is 0.690 bits per heavy atom. The van der Waals surface area contributed by atoms with E-state index in [0.717, 1.165) is 27.8 Å². The molecule has 0 N–H and O–H groups in total. The average Bonchev–Trinajstić information content (AvgIpc) is 2.79. The number of fused-ring (bicyclic) bond motifs is 1. The molecule has 140 valence electrons. The van der Waals surface area contributed by atoms with Crippen molar-refractivity contribution in [1.29, 1.82) is 0 Å². The minimum absolute atomic E-state index is 0.280. The molecule has 1 heterocycles. The molecular weight excluding hydrogens is 418 g/mol. The van der Waals surface area contributed by atoms with Gasteiger partial charge in [0, 0.05) is 21.6 Å². The first kappa shape index (κ1) is 18.1. The van der Waals surface area contributed by atoms with Crippen molar-refractivity contribution in [3.05, 3.63) is 112 Å². The first-order chi connectivity index (χ1) is 14.3. The van der Waals surface area contributed by atoms with E-state index in [-0.39, 0.29) is 5.92 Å². The number of rotatable bonds is 3. The molecule has 5 rings (SSSR count). The summed E-state index contributed by atoms with van der Waals surface area (Å²) in [6.07, 6.45) is 5.66. The fraction of sp³-hybridized carbons (Fsp3) is 0.0741. The maximum atomic E-state index is 5.08. The predicted octanol–water partition coefficient (Wildman–Crippen LogP) is 5.93. The van der Waals surface area contributed by atoms with E-state index in [1.807, 2.05) is 6.07 Å². The van der Waals surface area contributed by atoms with Gasteiger partial charge in [-0.1, -0.05) is 94.8 Å². The number of benzene rings is 3. The Hall–Kier alpha value is -2.97. The maximum Gasteiger partial charge on any atom is 0.0711 e. The summed E-state index contributed by atoms with van der Waals surface area (Å²) < 4.78 is 1.09. The molecule has 1 aliphatic carbocycles. The molecule has 1 unspecified atom stereocenters. The number of pyridine rings is 1. The molecule has 4 aromatic rings. The monoisotopic (exact) mass is 437 g/mol. The lowest BCUT2D eigenvalue weighted by atomic mass is 9.91. The highest BCUT2D eigenvalue weighted by Gasteiger charge is 2.15. The van der Waals surface area contributed by atoms with Gasteiger partial charge in [-0.05, 0) is 52.3 Å². The van der Waals surface area contributed by atoms with Crippen LogP contribution >= 0.6 is 15.9 Å². The Kier molecular flexibility index (Phi) is 4.87. The molecule has 0 spiro atoms. The number of aromatic nitrogens is 1. The Balaban J connectivity index is 1.66. The third-order valence-electron chi connectivity index (χ3n) is 5.44. The lowest BCUT2D eigenvalue weighted by Gasteiger charge is -2.17. The number of hydrogen-bond donors (Lipinski definition) is 0. The summed E-state index contributed by atoms with van der Waals surface area (Å²) in [6, 6.07) is 32.0. The van der Waals surface area contributed by atoms with Crippen molar-refractivity contribution in [1.82, 2.24) is 4.98 Å². The summed E-state index contributed by atoms with van der Waals surface area (Å²) in [5, 5.41) is 2.61. The Labute approximate surface area is 179 Å². The fourth-order valence-corrected chi connectivity index (χ4v) is 4.17. The van der Waals surface area contributed by atoms with E-state index in [1.54, 1.807) is 0 Å². The lowest BCUT2D eigenvalue weighted by molar-refractivity contribution is 0.876. The topological polar surface area (TPSA) is 12.9 Å². The first-order valence-corrected chi connectivity index (χ1v) is 10.7. The SMILES string of the molecule is Brc1ccc(-c2cc(-c3ccccc3)nc(C3C=c4ccccc4=CC3)c2)cc1. The number of hydrogen-bond acceptors (Lipinski definition) is 1. The van der Waals surface area contributed by atoms with E-state index in [2.05, 4.69) is 113 Å². The molecule has 1 aliphatic rings. The van der Waals surface area contributed by atoms with Gasteiger partial charge in [0.1, 0.15) is 0 Å². The standard InChI is InChI=1S/C27H20BrN/c28-25-14-12-20(13-15-25)24-17-26(21-7-2-1-3-8-21)29-27(18-24)23-11-10-19-6-4-5-9-22(19)16-23/h1-10,12-18,23H,11H2. The summed E-state index contributed by atoms with van der Waals surface area (Å²) in [7, 11) is 0. The van der Waals surface area contributed by atoms with Crippen LogP contribution in [0.3, 0.4) is 0 Å². The van der Waals surface area contributed by atoms with Crippen LogP contribution in [-0.2, 0) is 0 Å². The molecule has 3 aromatic carbocycles. The second kappa shape index (κ2) is 7.81. The fourth-order valence-electron chi connectivity index (χ4n) is 3.90. The van der Waals surface area contributed by atoms with Crippen molar-refractivity contribution >= 4 is 28.1 Å². The highest BCUT2D eigenvalue weighted by atomic mass is 79.9. The Bertz CT molecular complexity index is 1270. The van der Waals surface area contributed by atoms with Crippen LogP contribution in [0, 0.1) is 0 Å². The van der Waals surface area contributed by atoms with Gasteiger partial charge in [0.25, 0.3) is 0 Å². The van der Waals surface area contributed by atoms with Crippen LogP contribution in [-0.4, -0.2) is 4.98 Å². The van der Waals surface area contributed by atoms with Crippen LogP contribution in [0.25, 0.3) is 34.5 Å². The minimum Gasteiger partial charge on any atom is -0.252 e. The van der Waals surface area contributed by atoms with Crippen molar-refractivity contribution in [2.45, 2.75) is 12.3 Å². The predicted molar refractivity (Wildman–Crippen MR) is 125 cm³/mol. The Morgan fingerprint density at radius 2 is 1.41 bits per heavy atom. The average molecular weight is 438 g/mol. The van der Waals surface area contributed by atoms with Gasteiger partial charge in [0.2, 0.25) is 0 Å². The number of halogens is 1. The van der Waals surface area contributed by atoms with Crippen LogP contribution in [0.4, 0.5) is 0 Å². The maximum absolute atomic E-state index is 5.08. The van der Waals surface area contributed by atoms with Crippen molar-refractivity contribution in [3.63, 3.8) is 0 Å². The zero-order chi connectivity index (χ0) is 19.6. The van der Waals surface area contributed by atoms with E-state index in [9.17, 15) is 0 Å². The van der Waals surface area contributed by atoms with E-state index >= 15 is 0 Å². The van der Waals surface area contributed by atoms with Gasteiger partial charge in [-0.2, -0.15) is 0 Å². The van der Waals surface area contributed by atoms with E-state index in [1.165, 1.54) is 21.6 Å². The summed E-state index contributed by atoms with van der Waals surface area (Å²) >= 11 is 3.54. The molecule has 0 bridgehead atoms. The highest BCUT2D eigenvalue weighted by molar-refractivity contribution is 9.10. The van der Waals surface area contributed by atoms with Crippen molar-refractivity contribution in [2.75, 3.05) is 0 Å².